The molecule has 0 aromatic rings. The van der Waals surface area contributed by atoms with Gasteiger partial charge in [-0.2, -0.15) is 0 Å². The van der Waals surface area contributed by atoms with Crippen molar-refractivity contribution in [2.24, 2.45) is 0 Å². The van der Waals surface area contributed by atoms with Crippen LogP contribution < -0.4 is 0 Å². The molecule has 0 saturated carbocycles. The van der Waals surface area contributed by atoms with Crippen LogP contribution in [0.1, 0.15) is 86.5 Å². The highest BCUT2D eigenvalue weighted by molar-refractivity contribution is 5.73. The SMILES string of the molecule is C=CC(C)(CCC=C(C)C)OC(=O)CCCC(=O)OC(C)(C=C)CCC=C(C)C. The van der Waals surface area contributed by atoms with Crippen molar-refractivity contribution in [3.8, 4) is 0 Å². The van der Waals surface area contributed by atoms with Crippen LogP contribution in [0.15, 0.2) is 48.6 Å². The first-order valence-electron chi connectivity index (χ1n) is 10.4. The second-order valence-electron chi connectivity index (χ2n) is 8.48. The largest absolute Gasteiger partial charge is 0.455 e. The maximum Gasteiger partial charge on any atom is 0.306 e. The number of esters is 2. The van der Waals surface area contributed by atoms with Crippen LogP contribution in [-0.2, 0) is 19.1 Å². The van der Waals surface area contributed by atoms with E-state index in [1.165, 1.54) is 11.1 Å². The molecule has 0 spiro atoms. The topological polar surface area (TPSA) is 52.6 Å². The molecular formula is C25H40O4. The summed E-state index contributed by atoms with van der Waals surface area (Å²) in [5, 5.41) is 0. The molecule has 29 heavy (non-hydrogen) atoms. The zero-order valence-corrected chi connectivity index (χ0v) is 19.3. The van der Waals surface area contributed by atoms with E-state index in [1.54, 1.807) is 12.2 Å². The Hall–Kier alpha value is -2.10. The summed E-state index contributed by atoms with van der Waals surface area (Å²) in [6, 6.07) is 0. The minimum atomic E-state index is -0.699. The number of carbonyl (C=O) groups excluding carboxylic acids is 2. The summed E-state index contributed by atoms with van der Waals surface area (Å²) in [6.45, 7) is 19.4. The first kappa shape index (κ1) is 26.9. The van der Waals surface area contributed by atoms with Gasteiger partial charge >= 0.3 is 11.9 Å². The van der Waals surface area contributed by atoms with Gasteiger partial charge < -0.3 is 9.47 Å². The van der Waals surface area contributed by atoms with Gasteiger partial charge in [0.25, 0.3) is 0 Å². The molecule has 2 atom stereocenters. The lowest BCUT2D eigenvalue weighted by Gasteiger charge is -2.26. The van der Waals surface area contributed by atoms with Gasteiger partial charge in [-0.1, -0.05) is 36.5 Å². The number of rotatable bonds is 14. The van der Waals surface area contributed by atoms with Crippen LogP contribution in [0.5, 0.6) is 0 Å². The first-order chi connectivity index (χ1) is 13.4. The van der Waals surface area contributed by atoms with E-state index in [-0.39, 0.29) is 24.8 Å². The van der Waals surface area contributed by atoms with E-state index in [4.69, 9.17) is 9.47 Å². The summed E-state index contributed by atoms with van der Waals surface area (Å²) >= 11 is 0. The van der Waals surface area contributed by atoms with Gasteiger partial charge in [0.15, 0.2) is 0 Å². The fraction of sp³-hybridized carbons (Fsp3) is 0.600. The van der Waals surface area contributed by atoms with E-state index in [0.717, 1.165) is 12.8 Å². The van der Waals surface area contributed by atoms with Gasteiger partial charge in [-0.15, -0.1) is 0 Å². The predicted molar refractivity (Wildman–Crippen MR) is 121 cm³/mol. The Kier molecular flexibility index (Phi) is 12.2. The summed E-state index contributed by atoms with van der Waals surface area (Å²) in [4.78, 5) is 24.4. The Labute approximate surface area is 177 Å². The maximum absolute atomic E-state index is 12.2. The Bertz CT molecular complexity index is 567. The Morgan fingerprint density at radius 2 is 1.10 bits per heavy atom. The minimum absolute atomic E-state index is 0.170. The quantitative estimate of drug-likeness (QED) is 0.241. The zero-order chi connectivity index (χ0) is 22.5. The van der Waals surface area contributed by atoms with Gasteiger partial charge in [-0.3, -0.25) is 9.59 Å². The summed E-state index contributed by atoms with van der Waals surface area (Å²) < 4.78 is 11.2. The highest BCUT2D eigenvalue weighted by Gasteiger charge is 2.26. The van der Waals surface area contributed by atoms with Crippen molar-refractivity contribution in [1.29, 1.82) is 0 Å². The minimum Gasteiger partial charge on any atom is -0.455 e. The highest BCUT2D eigenvalue weighted by Crippen LogP contribution is 2.23. The third kappa shape index (κ3) is 12.9. The first-order valence-corrected chi connectivity index (χ1v) is 10.4. The maximum atomic E-state index is 12.2. The van der Waals surface area contributed by atoms with Gasteiger partial charge in [0.05, 0.1) is 0 Å². The van der Waals surface area contributed by atoms with Crippen LogP contribution in [0.2, 0.25) is 0 Å². The molecule has 4 heteroatoms. The molecule has 0 N–H and O–H groups in total. The molecule has 0 aromatic carbocycles. The number of allylic oxidation sites excluding steroid dienone is 4. The number of carbonyl (C=O) groups is 2. The zero-order valence-electron chi connectivity index (χ0n) is 19.3. The van der Waals surface area contributed by atoms with E-state index in [0.29, 0.717) is 19.3 Å². The molecule has 2 unspecified atom stereocenters. The van der Waals surface area contributed by atoms with Gasteiger partial charge in [0.1, 0.15) is 11.2 Å². The Morgan fingerprint density at radius 1 is 0.759 bits per heavy atom. The predicted octanol–water partition coefficient (Wildman–Crippen LogP) is 6.63. The average Bonchev–Trinajstić information content (AvgIpc) is 2.60. The molecule has 4 nitrogen and oxygen atoms in total. The summed E-state index contributed by atoms with van der Waals surface area (Å²) in [5.74, 6) is -0.653. The highest BCUT2D eigenvalue weighted by atomic mass is 16.6. The number of hydrogen-bond acceptors (Lipinski definition) is 4. The van der Waals surface area contributed by atoms with Gasteiger partial charge in [-0.05, 0) is 85.8 Å². The van der Waals surface area contributed by atoms with E-state index in [1.807, 2.05) is 41.5 Å². The third-order valence-electron chi connectivity index (χ3n) is 4.71. The molecule has 0 radical (unpaired) electrons. The molecule has 0 fully saturated rings. The van der Waals surface area contributed by atoms with Crippen LogP contribution in [0.3, 0.4) is 0 Å². The van der Waals surface area contributed by atoms with Crippen LogP contribution in [0.25, 0.3) is 0 Å². The van der Waals surface area contributed by atoms with E-state index < -0.39 is 11.2 Å². The summed E-state index contributed by atoms with van der Waals surface area (Å²) in [6.07, 6.45) is 11.3. The lowest BCUT2D eigenvalue weighted by Crippen LogP contribution is -2.30. The molecule has 0 amide bonds. The summed E-state index contributed by atoms with van der Waals surface area (Å²) in [7, 11) is 0. The molecule has 0 heterocycles. The Balaban J connectivity index is 4.44. The monoisotopic (exact) mass is 404 g/mol. The van der Waals surface area contributed by atoms with Gasteiger partial charge in [0, 0.05) is 12.8 Å². The lowest BCUT2D eigenvalue weighted by atomic mass is 9.99. The van der Waals surface area contributed by atoms with Crippen LogP contribution in [0, 0.1) is 0 Å². The Morgan fingerprint density at radius 3 is 1.38 bits per heavy atom. The van der Waals surface area contributed by atoms with Crippen LogP contribution >= 0.6 is 0 Å². The van der Waals surface area contributed by atoms with Crippen molar-refractivity contribution >= 4 is 11.9 Å². The van der Waals surface area contributed by atoms with Crippen molar-refractivity contribution < 1.29 is 19.1 Å². The van der Waals surface area contributed by atoms with Gasteiger partial charge in [-0.25, -0.2) is 0 Å². The fourth-order valence-electron chi connectivity index (χ4n) is 2.68. The van der Waals surface area contributed by atoms with Crippen molar-refractivity contribution in [1.82, 2.24) is 0 Å². The molecule has 0 bridgehead atoms. The molecular weight excluding hydrogens is 364 g/mol. The molecule has 0 aromatic heterocycles. The van der Waals surface area contributed by atoms with Crippen molar-refractivity contribution in [3.05, 3.63) is 48.6 Å². The molecule has 0 aliphatic carbocycles. The molecule has 164 valence electrons. The normalized spacial score (nSPS) is 14.6. The van der Waals surface area contributed by atoms with E-state index in [2.05, 4.69) is 25.3 Å². The van der Waals surface area contributed by atoms with Crippen LogP contribution in [0.4, 0.5) is 0 Å². The van der Waals surface area contributed by atoms with Crippen molar-refractivity contribution in [3.63, 3.8) is 0 Å². The second kappa shape index (κ2) is 13.2. The smallest absolute Gasteiger partial charge is 0.306 e. The second-order valence-corrected chi connectivity index (χ2v) is 8.48. The van der Waals surface area contributed by atoms with Gasteiger partial charge in [0.2, 0.25) is 0 Å². The fourth-order valence-corrected chi connectivity index (χ4v) is 2.68. The van der Waals surface area contributed by atoms with E-state index in [9.17, 15) is 9.59 Å². The average molecular weight is 405 g/mol. The van der Waals surface area contributed by atoms with Crippen molar-refractivity contribution in [2.75, 3.05) is 0 Å². The third-order valence-corrected chi connectivity index (χ3v) is 4.71. The molecule has 0 rings (SSSR count). The number of hydrogen-bond donors (Lipinski definition) is 0. The van der Waals surface area contributed by atoms with Crippen LogP contribution in [-0.4, -0.2) is 23.1 Å². The van der Waals surface area contributed by atoms with Crippen molar-refractivity contribution in [2.45, 2.75) is 97.7 Å². The standard InChI is InChI=1S/C25H40O4/c1-9-24(7,18-12-14-20(3)4)28-22(26)16-11-17-23(27)29-25(8,10-2)19-13-15-21(5)6/h9-10,14-15H,1-2,11-13,16-19H2,3-8H3. The number of ether oxygens (including phenoxy) is 2. The summed E-state index contributed by atoms with van der Waals surface area (Å²) in [5.41, 5.74) is 1.06. The van der Waals surface area contributed by atoms with E-state index >= 15 is 0 Å². The molecule has 0 aliphatic rings. The molecule has 0 aliphatic heterocycles. The lowest BCUT2D eigenvalue weighted by molar-refractivity contribution is -0.156. The molecule has 0 saturated heterocycles.